The van der Waals surface area contributed by atoms with E-state index in [2.05, 4.69) is 50.0 Å². The Morgan fingerprint density at radius 3 is 2.41 bits per heavy atom. The summed E-state index contributed by atoms with van der Waals surface area (Å²) in [6, 6.07) is 8.74. The summed E-state index contributed by atoms with van der Waals surface area (Å²) in [5.41, 5.74) is 10.2. The minimum absolute atomic E-state index is 0.124. The van der Waals surface area contributed by atoms with Gasteiger partial charge in [0, 0.05) is 11.5 Å². The van der Waals surface area contributed by atoms with Crippen LogP contribution >= 0.6 is 15.9 Å². The molecule has 0 spiro atoms. The Hall–Kier alpha value is -1.13. The molecule has 22 heavy (non-hydrogen) atoms. The zero-order valence-corrected chi connectivity index (χ0v) is 14.3. The van der Waals surface area contributed by atoms with Crippen molar-refractivity contribution in [2.24, 2.45) is 5.73 Å². The lowest BCUT2D eigenvalue weighted by Gasteiger charge is -2.34. The van der Waals surface area contributed by atoms with Gasteiger partial charge in [-0.1, -0.05) is 31.4 Å². The van der Waals surface area contributed by atoms with Gasteiger partial charge in [-0.15, -0.1) is 0 Å². The van der Waals surface area contributed by atoms with Crippen LogP contribution in [0, 0.1) is 0 Å². The van der Waals surface area contributed by atoms with Crippen LogP contribution in [0.1, 0.15) is 62.1 Å². The first-order valence-electron chi connectivity index (χ1n) is 8.31. The molecule has 1 aromatic carbocycles. The van der Waals surface area contributed by atoms with E-state index in [0.717, 1.165) is 23.0 Å². The summed E-state index contributed by atoms with van der Waals surface area (Å²) in [5, 5.41) is 4.55. The zero-order chi connectivity index (χ0) is 15.2. The standard InChI is InChI=1S/C18H22BrN3/c19-16-12-21-22(17(16)13-4-5-13)15-8-6-14(7-9-15)18(20)10-2-1-3-11-18/h6-9,12-13H,1-5,10-11,20H2. The van der Waals surface area contributed by atoms with Gasteiger partial charge in [-0.05, 0) is 59.3 Å². The minimum atomic E-state index is -0.124. The fourth-order valence-electron chi connectivity index (χ4n) is 3.67. The van der Waals surface area contributed by atoms with E-state index in [-0.39, 0.29) is 5.54 Å². The molecular formula is C18H22BrN3. The average Bonchev–Trinajstić information content (AvgIpc) is 3.30. The predicted octanol–water partition coefficient (Wildman–Crippen LogP) is 4.63. The summed E-state index contributed by atoms with van der Waals surface area (Å²) in [4.78, 5) is 0. The van der Waals surface area contributed by atoms with Crippen LogP contribution in [0.25, 0.3) is 5.69 Å². The maximum Gasteiger partial charge on any atom is 0.0649 e. The topological polar surface area (TPSA) is 43.8 Å². The quantitative estimate of drug-likeness (QED) is 0.867. The summed E-state index contributed by atoms with van der Waals surface area (Å²) in [7, 11) is 0. The Bertz CT molecular complexity index is 664. The number of hydrogen-bond donors (Lipinski definition) is 1. The fourth-order valence-corrected chi connectivity index (χ4v) is 4.26. The molecule has 1 heterocycles. The summed E-state index contributed by atoms with van der Waals surface area (Å²) >= 11 is 3.64. The molecule has 2 N–H and O–H groups in total. The average molecular weight is 360 g/mol. The van der Waals surface area contributed by atoms with Crippen LogP contribution in [0.2, 0.25) is 0 Å². The SMILES string of the molecule is NC1(c2ccc(-n3ncc(Br)c3C3CC3)cc2)CCCCC1. The third-order valence-electron chi connectivity index (χ3n) is 5.16. The van der Waals surface area contributed by atoms with Crippen molar-refractivity contribution >= 4 is 15.9 Å². The van der Waals surface area contributed by atoms with Gasteiger partial charge in [0.1, 0.15) is 0 Å². The number of aromatic nitrogens is 2. The van der Waals surface area contributed by atoms with Crippen molar-refractivity contribution in [3.8, 4) is 5.69 Å². The lowest BCUT2D eigenvalue weighted by atomic mass is 9.77. The van der Waals surface area contributed by atoms with E-state index in [1.165, 1.54) is 43.4 Å². The largest absolute Gasteiger partial charge is 0.321 e. The molecule has 2 saturated carbocycles. The maximum absolute atomic E-state index is 6.63. The van der Waals surface area contributed by atoms with Crippen LogP contribution < -0.4 is 5.73 Å². The number of nitrogens with two attached hydrogens (primary N) is 1. The van der Waals surface area contributed by atoms with Gasteiger partial charge < -0.3 is 5.73 Å². The van der Waals surface area contributed by atoms with Crippen LogP contribution in [-0.2, 0) is 5.54 Å². The highest BCUT2D eigenvalue weighted by Gasteiger charge is 2.31. The van der Waals surface area contributed by atoms with Crippen LogP contribution in [-0.4, -0.2) is 9.78 Å². The molecule has 3 nitrogen and oxygen atoms in total. The predicted molar refractivity (Wildman–Crippen MR) is 92.2 cm³/mol. The second-order valence-corrected chi connectivity index (χ2v) is 7.68. The molecule has 0 aliphatic heterocycles. The second kappa shape index (κ2) is 5.50. The normalized spacial score (nSPS) is 21.0. The second-order valence-electron chi connectivity index (χ2n) is 6.83. The van der Waals surface area contributed by atoms with Gasteiger partial charge in [0.15, 0.2) is 0 Å². The molecule has 1 aromatic heterocycles. The van der Waals surface area contributed by atoms with Crippen LogP contribution in [0.15, 0.2) is 34.9 Å². The van der Waals surface area contributed by atoms with Gasteiger partial charge in [0.05, 0.1) is 22.1 Å². The Labute approximate surface area is 140 Å². The third-order valence-corrected chi connectivity index (χ3v) is 5.77. The number of nitrogens with zero attached hydrogens (tertiary/aromatic N) is 2. The first kappa shape index (κ1) is 14.5. The van der Waals surface area contributed by atoms with E-state index in [9.17, 15) is 0 Å². The monoisotopic (exact) mass is 359 g/mol. The van der Waals surface area contributed by atoms with Crippen LogP contribution in [0.4, 0.5) is 0 Å². The third kappa shape index (κ3) is 2.52. The van der Waals surface area contributed by atoms with Crippen LogP contribution in [0.5, 0.6) is 0 Å². The molecule has 0 radical (unpaired) electrons. The van der Waals surface area contributed by atoms with Gasteiger partial charge in [-0.3, -0.25) is 0 Å². The molecule has 2 aromatic rings. The highest BCUT2D eigenvalue weighted by atomic mass is 79.9. The lowest BCUT2D eigenvalue weighted by Crippen LogP contribution is -2.38. The highest BCUT2D eigenvalue weighted by Crippen LogP contribution is 2.44. The van der Waals surface area contributed by atoms with Crippen molar-refractivity contribution in [3.05, 3.63) is 46.2 Å². The van der Waals surface area contributed by atoms with E-state index < -0.39 is 0 Å². The van der Waals surface area contributed by atoms with Gasteiger partial charge >= 0.3 is 0 Å². The smallest absolute Gasteiger partial charge is 0.0649 e. The van der Waals surface area contributed by atoms with Crippen LogP contribution in [0.3, 0.4) is 0 Å². The number of benzene rings is 1. The minimum Gasteiger partial charge on any atom is -0.321 e. The van der Waals surface area contributed by atoms with Crippen molar-refractivity contribution in [2.45, 2.75) is 56.4 Å². The van der Waals surface area contributed by atoms with Crippen molar-refractivity contribution in [3.63, 3.8) is 0 Å². The van der Waals surface area contributed by atoms with E-state index in [0.29, 0.717) is 5.92 Å². The Balaban J connectivity index is 1.65. The van der Waals surface area contributed by atoms with Crippen molar-refractivity contribution < 1.29 is 0 Å². The highest BCUT2D eigenvalue weighted by molar-refractivity contribution is 9.10. The molecule has 4 heteroatoms. The molecule has 116 valence electrons. The molecule has 0 atom stereocenters. The lowest BCUT2D eigenvalue weighted by molar-refractivity contribution is 0.302. The summed E-state index contributed by atoms with van der Waals surface area (Å²) in [5.74, 6) is 0.663. The molecule has 2 aliphatic rings. The first-order chi connectivity index (χ1) is 10.7. The summed E-state index contributed by atoms with van der Waals surface area (Å²) < 4.78 is 3.21. The molecule has 0 amide bonds. The van der Waals surface area contributed by atoms with Gasteiger partial charge in [0.2, 0.25) is 0 Å². The van der Waals surface area contributed by atoms with Crippen molar-refractivity contribution in [1.82, 2.24) is 9.78 Å². The summed E-state index contributed by atoms with van der Waals surface area (Å²) in [6.45, 7) is 0. The number of halogens is 1. The van der Waals surface area contributed by atoms with Gasteiger partial charge in [0.25, 0.3) is 0 Å². The van der Waals surface area contributed by atoms with Gasteiger partial charge in [-0.2, -0.15) is 5.10 Å². The molecule has 2 aliphatic carbocycles. The van der Waals surface area contributed by atoms with E-state index in [1.54, 1.807) is 0 Å². The Morgan fingerprint density at radius 1 is 1.09 bits per heavy atom. The van der Waals surface area contributed by atoms with Crippen molar-refractivity contribution in [1.29, 1.82) is 0 Å². The fraction of sp³-hybridized carbons (Fsp3) is 0.500. The Morgan fingerprint density at radius 2 is 1.77 bits per heavy atom. The van der Waals surface area contributed by atoms with Crippen molar-refractivity contribution in [2.75, 3.05) is 0 Å². The van der Waals surface area contributed by atoms with E-state index in [1.807, 2.05) is 6.20 Å². The molecular weight excluding hydrogens is 338 g/mol. The molecule has 0 bridgehead atoms. The summed E-state index contributed by atoms with van der Waals surface area (Å²) in [6.07, 6.45) is 10.5. The van der Waals surface area contributed by atoms with E-state index >= 15 is 0 Å². The zero-order valence-electron chi connectivity index (χ0n) is 12.8. The first-order valence-corrected chi connectivity index (χ1v) is 9.10. The maximum atomic E-state index is 6.63. The molecule has 2 fully saturated rings. The number of hydrogen-bond acceptors (Lipinski definition) is 2. The Kier molecular flexibility index (Phi) is 3.61. The number of rotatable bonds is 3. The molecule has 0 unspecified atom stereocenters. The van der Waals surface area contributed by atoms with Gasteiger partial charge in [-0.25, -0.2) is 4.68 Å². The molecule has 0 saturated heterocycles. The van der Waals surface area contributed by atoms with E-state index in [4.69, 9.17) is 5.73 Å². The molecule has 4 rings (SSSR count).